The molecule has 1 heterocycles. The van der Waals surface area contributed by atoms with E-state index in [1.165, 1.54) is 19.3 Å². The molecule has 0 spiro atoms. The molecule has 1 amide bonds. The maximum atomic E-state index is 12.1. The normalized spacial score (nSPS) is 18.6. The molecule has 4 heteroatoms. The molecule has 1 saturated carbocycles. The van der Waals surface area contributed by atoms with E-state index < -0.39 is 0 Å². The Labute approximate surface area is 109 Å². The number of hydrogen-bond donors (Lipinski definition) is 1. The van der Waals surface area contributed by atoms with Crippen LogP contribution in [0.4, 0.5) is 0 Å². The molecule has 0 aromatic carbocycles. The van der Waals surface area contributed by atoms with E-state index in [0.29, 0.717) is 0 Å². The molecule has 1 aromatic rings. The Hall–Kier alpha value is -1.32. The van der Waals surface area contributed by atoms with Gasteiger partial charge >= 0.3 is 0 Å². The van der Waals surface area contributed by atoms with Gasteiger partial charge in [-0.2, -0.15) is 5.10 Å². The van der Waals surface area contributed by atoms with Gasteiger partial charge in [-0.05, 0) is 32.8 Å². The predicted octanol–water partition coefficient (Wildman–Crippen LogP) is 2.66. The summed E-state index contributed by atoms with van der Waals surface area (Å²) in [6.45, 7) is 4.93. The van der Waals surface area contributed by atoms with Crippen LogP contribution in [0.25, 0.3) is 0 Å². The molecule has 100 valence electrons. The van der Waals surface area contributed by atoms with Crippen molar-refractivity contribution in [3.8, 4) is 0 Å². The van der Waals surface area contributed by atoms with Crippen molar-refractivity contribution in [2.24, 2.45) is 5.92 Å². The van der Waals surface area contributed by atoms with Crippen molar-refractivity contribution in [1.82, 2.24) is 15.1 Å². The maximum absolute atomic E-state index is 12.1. The lowest BCUT2D eigenvalue weighted by atomic mass is 9.88. The number of aryl methyl sites for hydroxylation is 1. The molecule has 0 radical (unpaired) electrons. The van der Waals surface area contributed by atoms with Crippen LogP contribution in [0.2, 0.25) is 0 Å². The summed E-state index contributed by atoms with van der Waals surface area (Å²) in [5.41, 5.74) is 0.945. The monoisotopic (exact) mass is 249 g/mol. The van der Waals surface area contributed by atoms with Gasteiger partial charge in [0.05, 0.1) is 11.7 Å². The van der Waals surface area contributed by atoms with Crippen LogP contribution in [0.3, 0.4) is 0 Å². The van der Waals surface area contributed by atoms with Crippen molar-refractivity contribution in [3.05, 3.63) is 18.0 Å². The molecular formula is C14H23N3O. The molecule has 1 unspecified atom stereocenters. The minimum atomic E-state index is 0.00669. The van der Waals surface area contributed by atoms with E-state index in [2.05, 4.69) is 17.3 Å². The summed E-state index contributed by atoms with van der Waals surface area (Å²) in [7, 11) is 0. The van der Waals surface area contributed by atoms with Crippen LogP contribution in [-0.4, -0.2) is 15.7 Å². The van der Waals surface area contributed by atoms with Gasteiger partial charge in [-0.15, -0.1) is 0 Å². The molecular weight excluding hydrogens is 226 g/mol. The van der Waals surface area contributed by atoms with Gasteiger partial charge in [0.25, 0.3) is 0 Å². The second-order valence-corrected chi connectivity index (χ2v) is 5.16. The number of rotatable bonds is 4. The number of carbonyl (C=O) groups is 1. The topological polar surface area (TPSA) is 46.9 Å². The van der Waals surface area contributed by atoms with Crippen molar-refractivity contribution < 1.29 is 4.79 Å². The zero-order valence-corrected chi connectivity index (χ0v) is 11.4. The smallest absolute Gasteiger partial charge is 0.223 e. The Morgan fingerprint density at radius 1 is 1.50 bits per heavy atom. The Kier molecular flexibility index (Phi) is 4.39. The van der Waals surface area contributed by atoms with Crippen LogP contribution >= 0.6 is 0 Å². The van der Waals surface area contributed by atoms with Crippen LogP contribution in [0.5, 0.6) is 0 Å². The minimum absolute atomic E-state index is 0.00669. The van der Waals surface area contributed by atoms with E-state index >= 15 is 0 Å². The summed E-state index contributed by atoms with van der Waals surface area (Å²) < 4.78 is 1.89. The van der Waals surface area contributed by atoms with E-state index in [-0.39, 0.29) is 17.9 Å². The minimum Gasteiger partial charge on any atom is -0.348 e. The van der Waals surface area contributed by atoms with Crippen molar-refractivity contribution in [1.29, 1.82) is 0 Å². The van der Waals surface area contributed by atoms with Gasteiger partial charge in [0.15, 0.2) is 0 Å². The average molecular weight is 249 g/mol. The van der Waals surface area contributed by atoms with Gasteiger partial charge in [-0.3, -0.25) is 9.48 Å². The van der Waals surface area contributed by atoms with Crippen LogP contribution in [0.1, 0.15) is 57.7 Å². The van der Waals surface area contributed by atoms with Crippen LogP contribution in [0, 0.1) is 5.92 Å². The lowest BCUT2D eigenvalue weighted by molar-refractivity contribution is -0.126. The molecule has 0 aliphatic heterocycles. The van der Waals surface area contributed by atoms with E-state index in [1.54, 1.807) is 0 Å². The Balaban J connectivity index is 1.89. The zero-order chi connectivity index (χ0) is 13.0. The maximum Gasteiger partial charge on any atom is 0.223 e. The third kappa shape index (κ3) is 3.12. The van der Waals surface area contributed by atoms with Crippen LogP contribution < -0.4 is 5.32 Å². The van der Waals surface area contributed by atoms with Gasteiger partial charge < -0.3 is 5.32 Å². The second kappa shape index (κ2) is 6.03. The summed E-state index contributed by atoms with van der Waals surface area (Å²) in [5, 5.41) is 7.52. The van der Waals surface area contributed by atoms with Gasteiger partial charge in [-0.1, -0.05) is 19.3 Å². The van der Waals surface area contributed by atoms with Gasteiger partial charge in [-0.25, -0.2) is 0 Å². The number of amides is 1. The van der Waals surface area contributed by atoms with Crippen molar-refractivity contribution >= 4 is 5.91 Å². The first kappa shape index (κ1) is 13.1. The van der Waals surface area contributed by atoms with E-state index in [9.17, 15) is 4.79 Å². The first-order chi connectivity index (χ1) is 8.70. The van der Waals surface area contributed by atoms with Gasteiger partial charge in [0.1, 0.15) is 0 Å². The summed E-state index contributed by atoms with van der Waals surface area (Å²) in [6.07, 6.45) is 7.70. The Morgan fingerprint density at radius 3 is 2.83 bits per heavy atom. The molecule has 1 atom stereocenters. The number of nitrogens with one attached hydrogen (secondary N) is 1. The highest BCUT2D eigenvalue weighted by Crippen LogP contribution is 2.24. The number of nitrogens with zero attached hydrogens (tertiary/aromatic N) is 2. The fraction of sp³-hybridized carbons (Fsp3) is 0.714. The Morgan fingerprint density at radius 2 is 2.22 bits per heavy atom. The van der Waals surface area contributed by atoms with E-state index in [0.717, 1.165) is 25.1 Å². The molecule has 0 bridgehead atoms. The van der Waals surface area contributed by atoms with Crippen LogP contribution in [-0.2, 0) is 11.3 Å². The van der Waals surface area contributed by atoms with Crippen molar-refractivity contribution in [3.63, 3.8) is 0 Å². The molecule has 1 fully saturated rings. The van der Waals surface area contributed by atoms with E-state index in [4.69, 9.17) is 0 Å². The third-order valence-corrected chi connectivity index (χ3v) is 3.76. The number of hydrogen-bond acceptors (Lipinski definition) is 2. The average Bonchev–Trinajstić information content (AvgIpc) is 2.88. The predicted molar refractivity (Wildman–Crippen MR) is 71.0 cm³/mol. The van der Waals surface area contributed by atoms with Crippen LogP contribution in [0.15, 0.2) is 12.3 Å². The van der Waals surface area contributed by atoms with Gasteiger partial charge in [0, 0.05) is 18.7 Å². The van der Waals surface area contributed by atoms with Crippen molar-refractivity contribution in [2.75, 3.05) is 0 Å². The molecule has 2 rings (SSSR count). The number of aromatic nitrogens is 2. The zero-order valence-electron chi connectivity index (χ0n) is 11.4. The second-order valence-electron chi connectivity index (χ2n) is 5.16. The summed E-state index contributed by atoms with van der Waals surface area (Å²) >= 11 is 0. The lowest BCUT2D eigenvalue weighted by Gasteiger charge is -2.22. The summed E-state index contributed by atoms with van der Waals surface area (Å²) in [5.74, 6) is 0.419. The fourth-order valence-electron chi connectivity index (χ4n) is 2.55. The molecule has 4 nitrogen and oxygen atoms in total. The molecule has 1 aromatic heterocycles. The standard InChI is InChI=1S/C14H23N3O/c1-3-17-10-9-13(16-17)11(2)15-14(18)12-7-5-4-6-8-12/h9-12H,3-8H2,1-2H3,(H,15,18). The van der Waals surface area contributed by atoms with E-state index in [1.807, 2.05) is 23.9 Å². The van der Waals surface area contributed by atoms with Gasteiger partial charge in [0.2, 0.25) is 5.91 Å². The number of carbonyl (C=O) groups excluding carboxylic acids is 1. The molecule has 1 N–H and O–H groups in total. The summed E-state index contributed by atoms with van der Waals surface area (Å²) in [6, 6.07) is 1.99. The SMILES string of the molecule is CCn1ccc(C(C)NC(=O)C2CCCCC2)n1. The highest BCUT2D eigenvalue weighted by Gasteiger charge is 2.23. The molecule has 1 aliphatic rings. The molecule has 1 aliphatic carbocycles. The Bertz CT molecular complexity index is 393. The summed E-state index contributed by atoms with van der Waals surface area (Å²) in [4.78, 5) is 12.1. The first-order valence-electron chi connectivity index (χ1n) is 7.04. The fourth-order valence-corrected chi connectivity index (χ4v) is 2.55. The first-order valence-corrected chi connectivity index (χ1v) is 7.04. The third-order valence-electron chi connectivity index (χ3n) is 3.76. The molecule has 18 heavy (non-hydrogen) atoms. The molecule has 0 saturated heterocycles. The van der Waals surface area contributed by atoms with Crippen molar-refractivity contribution in [2.45, 2.75) is 58.5 Å². The lowest BCUT2D eigenvalue weighted by Crippen LogP contribution is -2.34. The highest BCUT2D eigenvalue weighted by atomic mass is 16.1. The quantitative estimate of drug-likeness (QED) is 0.891. The largest absolute Gasteiger partial charge is 0.348 e. The highest BCUT2D eigenvalue weighted by molar-refractivity contribution is 5.79.